The summed E-state index contributed by atoms with van der Waals surface area (Å²) in [5.41, 5.74) is 1.81. The Kier molecular flexibility index (Phi) is 5.31. The number of sulfonamides is 1. The molecule has 2 N–H and O–H groups in total. The van der Waals surface area contributed by atoms with Crippen LogP contribution < -0.4 is 10.0 Å². The van der Waals surface area contributed by atoms with Crippen LogP contribution in [0.15, 0.2) is 18.2 Å². The number of nitrogens with one attached hydrogen (secondary N) is 2. The Morgan fingerprint density at radius 2 is 2.05 bits per heavy atom. The Bertz CT molecular complexity index is 555. The van der Waals surface area contributed by atoms with Crippen molar-refractivity contribution in [1.29, 1.82) is 0 Å². The number of anilines is 2. The molecule has 0 heterocycles. The zero-order valence-corrected chi connectivity index (χ0v) is 12.0. The van der Waals surface area contributed by atoms with Gasteiger partial charge in [-0.3, -0.25) is 9.52 Å². The molecule has 0 aliphatic heterocycles. The third-order valence-electron chi connectivity index (χ3n) is 2.24. The fourth-order valence-electron chi connectivity index (χ4n) is 1.45. The lowest BCUT2D eigenvalue weighted by molar-refractivity contribution is -0.120. The summed E-state index contributed by atoms with van der Waals surface area (Å²) >= 11 is 0. The molecule has 0 atom stereocenters. The molecule has 0 unspecified atom stereocenters. The first kappa shape index (κ1) is 15.5. The number of rotatable bonds is 6. The second-order valence-electron chi connectivity index (χ2n) is 4.09. The van der Waals surface area contributed by atoms with Crippen LogP contribution in [0, 0.1) is 6.92 Å². The van der Waals surface area contributed by atoms with E-state index in [1.807, 2.05) is 6.92 Å². The highest BCUT2D eigenvalue weighted by Crippen LogP contribution is 2.20. The van der Waals surface area contributed by atoms with Crippen LogP contribution in [0.3, 0.4) is 0 Å². The van der Waals surface area contributed by atoms with E-state index in [2.05, 4.69) is 10.0 Å². The van der Waals surface area contributed by atoms with Crippen LogP contribution in [0.25, 0.3) is 0 Å². The van der Waals surface area contributed by atoms with Gasteiger partial charge in [-0.25, -0.2) is 8.42 Å². The highest BCUT2D eigenvalue weighted by atomic mass is 32.2. The minimum absolute atomic E-state index is 0.00110. The Morgan fingerprint density at radius 3 is 2.58 bits per heavy atom. The van der Waals surface area contributed by atoms with Crippen molar-refractivity contribution in [3.63, 3.8) is 0 Å². The van der Waals surface area contributed by atoms with Crippen LogP contribution in [0.1, 0.15) is 12.5 Å². The topological polar surface area (TPSA) is 84.5 Å². The van der Waals surface area contributed by atoms with Gasteiger partial charge in [-0.1, -0.05) is 0 Å². The SMILES string of the molecule is CCOCC(=O)Nc1ccc(NS(C)(=O)=O)c(C)c1. The number of hydrogen-bond donors (Lipinski definition) is 2. The van der Waals surface area contributed by atoms with Crippen molar-refractivity contribution in [3.8, 4) is 0 Å². The maximum Gasteiger partial charge on any atom is 0.250 e. The summed E-state index contributed by atoms with van der Waals surface area (Å²) in [7, 11) is -3.30. The number of aryl methyl sites for hydroxylation is 1. The number of carbonyl (C=O) groups is 1. The second kappa shape index (κ2) is 6.53. The van der Waals surface area contributed by atoms with Crippen molar-refractivity contribution in [1.82, 2.24) is 0 Å². The molecule has 6 nitrogen and oxygen atoms in total. The van der Waals surface area contributed by atoms with E-state index in [-0.39, 0.29) is 12.5 Å². The molecule has 0 aliphatic carbocycles. The molecule has 0 bridgehead atoms. The first-order valence-electron chi connectivity index (χ1n) is 5.78. The fraction of sp³-hybridized carbons (Fsp3) is 0.417. The molecule has 0 radical (unpaired) electrons. The molecule has 1 aromatic carbocycles. The van der Waals surface area contributed by atoms with E-state index in [4.69, 9.17) is 4.74 Å². The number of amides is 1. The van der Waals surface area contributed by atoms with Crippen molar-refractivity contribution >= 4 is 27.3 Å². The first-order valence-corrected chi connectivity index (χ1v) is 7.67. The summed E-state index contributed by atoms with van der Waals surface area (Å²) in [6.07, 6.45) is 1.09. The lowest BCUT2D eigenvalue weighted by Gasteiger charge is -2.10. The van der Waals surface area contributed by atoms with Crippen molar-refractivity contribution in [3.05, 3.63) is 23.8 Å². The molecule has 0 saturated carbocycles. The van der Waals surface area contributed by atoms with Gasteiger partial charge in [0.1, 0.15) is 6.61 Å². The van der Waals surface area contributed by atoms with Gasteiger partial charge >= 0.3 is 0 Å². The first-order chi connectivity index (χ1) is 8.81. The van der Waals surface area contributed by atoms with Crippen molar-refractivity contribution in [2.75, 3.05) is 29.5 Å². The van der Waals surface area contributed by atoms with Gasteiger partial charge in [0.25, 0.3) is 0 Å². The maximum atomic E-state index is 11.4. The number of benzene rings is 1. The standard InChI is InChI=1S/C12H18N2O4S/c1-4-18-8-12(15)13-10-5-6-11(9(2)7-10)14-19(3,16)17/h5-7,14H,4,8H2,1-3H3,(H,13,15). The van der Waals surface area contributed by atoms with Gasteiger partial charge in [-0.05, 0) is 37.6 Å². The molecule has 0 saturated heterocycles. The van der Waals surface area contributed by atoms with Gasteiger partial charge in [-0.2, -0.15) is 0 Å². The van der Waals surface area contributed by atoms with Crippen LogP contribution in [0.4, 0.5) is 11.4 Å². The molecule has 106 valence electrons. The zero-order valence-electron chi connectivity index (χ0n) is 11.2. The molecule has 0 aromatic heterocycles. The quantitative estimate of drug-likeness (QED) is 0.826. The number of ether oxygens (including phenoxy) is 1. The lowest BCUT2D eigenvalue weighted by Crippen LogP contribution is -2.18. The molecule has 1 amide bonds. The van der Waals surface area contributed by atoms with Gasteiger partial charge in [0, 0.05) is 12.3 Å². The minimum atomic E-state index is -3.30. The second-order valence-corrected chi connectivity index (χ2v) is 5.84. The van der Waals surface area contributed by atoms with Gasteiger partial charge in [0.05, 0.1) is 11.9 Å². The normalized spacial score (nSPS) is 11.1. The van der Waals surface area contributed by atoms with Gasteiger partial charge < -0.3 is 10.1 Å². The predicted molar refractivity (Wildman–Crippen MR) is 74.8 cm³/mol. The van der Waals surface area contributed by atoms with E-state index < -0.39 is 10.0 Å². The molecule has 7 heteroatoms. The van der Waals surface area contributed by atoms with E-state index in [1.54, 1.807) is 25.1 Å². The van der Waals surface area contributed by atoms with Crippen LogP contribution in [0.2, 0.25) is 0 Å². The molecule has 0 spiro atoms. The molecule has 1 aromatic rings. The summed E-state index contributed by atoms with van der Waals surface area (Å²) in [4.78, 5) is 11.4. The Labute approximate surface area is 113 Å². The summed E-state index contributed by atoms with van der Waals surface area (Å²) in [5, 5.41) is 2.67. The zero-order chi connectivity index (χ0) is 14.5. The van der Waals surface area contributed by atoms with E-state index in [0.29, 0.717) is 18.0 Å². The Hall–Kier alpha value is -1.60. The van der Waals surface area contributed by atoms with Crippen molar-refractivity contribution in [2.24, 2.45) is 0 Å². The van der Waals surface area contributed by atoms with Crippen LogP contribution >= 0.6 is 0 Å². The molecule has 19 heavy (non-hydrogen) atoms. The van der Waals surface area contributed by atoms with Crippen LogP contribution in [0.5, 0.6) is 0 Å². The van der Waals surface area contributed by atoms with Crippen LogP contribution in [-0.4, -0.2) is 33.8 Å². The molecule has 0 aliphatic rings. The molecule has 0 fully saturated rings. The third kappa shape index (κ3) is 5.71. The number of hydrogen-bond acceptors (Lipinski definition) is 4. The smallest absolute Gasteiger partial charge is 0.250 e. The summed E-state index contributed by atoms with van der Waals surface area (Å²) in [6.45, 7) is 4.04. The summed E-state index contributed by atoms with van der Waals surface area (Å²) < 4.78 is 29.7. The highest BCUT2D eigenvalue weighted by Gasteiger charge is 2.07. The average molecular weight is 286 g/mol. The van der Waals surface area contributed by atoms with E-state index in [1.165, 1.54) is 0 Å². The fourth-order valence-corrected chi connectivity index (χ4v) is 2.08. The lowest BCUT2D eigenvalue weighted by atomic mass is 10.2. The highest BCUT2D eigenvalue weighted by molar-refractivity contribution is 7.92. The molecular formula is C12H18N2O4S. The van der Waals surface area contributed by atoms with Crippen molar-refractivity contribution in [2.45, 2.75) is 13.8 Å². The number of carbonyl (C=O) groups excluding carboxylic acids is 1. The van der Waals surface area contributed by atoms with Crippen molar-refractivity contribution < 1.29 is 17.9 Å². The maximum absolute atomic E-state index is 11.4. The molecule has 1 rings (SSSR count). The van der Waals surface area contributed by atoms with E-state index >= 15 is 0 Å². The van der Waals surface area contributed by atoms with Gasteiger partial charge in [0.15, 0.2) is 0 Å². The summed E-state index contributed by atoms with van der Waals surface area (Å²) in [5.74, 6) is -0.245. The Morgan fingerprint density at radius 1 is 1.37 bits per heavy atom. The predicted octanol–water partition coefficient (Wildman–Crippen LogP) is 1.34. The van der Waals surface area contributed by atoms with Gasteiger partial charge in [-0.15, -0.1) is 0 Å². The third-order valence-corrected chi connectivity index (χ3v) is 2.83. The monoisotopic (exact) mass is 286 g/mol. The largest absolute Gasteiger partial charge is 0.372 e. The Balaban J connectivity index is 2.74. The minimum Gasteiger partial charge on any atom is -0.372 e. The average Bonchev–Trinajstić information content (AvgIpc) is 2.28. The van der Waals surface area contributed by atoms with E-state index in [9.17, 15) is 13.2 Å². The molecular weight excluding hydrogens is 268 g/mol. The van der Waals surface area contributed by atoms with Crippen LogP contribution in [-0.2, 0) is 19.6 Å². The van der Waals surface area contributed by atoms with Gasteiger partial charge in [0.2, 0.25) is 15.9 Å². The summed E-state index contributed by atoms with van der Waals surface area (Å²) in [6, 6.07) is 4.92. The van der Waals surface area contributed by atoms with E-state index in [0.717, 1.165) is 11.8 Å².